The topological polar surface area (TPSA) is 25.8 Å². The minimum absolute atomic E-state index is 0.131. The smallest absolute Gasteiger partial charge is 0.183 e. The molecule has 0 aromatic carbocycles. The van der Waals surface area contributed by atoms with Crippen molar-refractivity contribution in [3.8, 4) is 0 Å². The van der Waals surface area contributed by atoms with Crippen LogP contribution in [-0.4, -0.2) is 10.2 Å². The molecular formula is C10H15FN2. The highest BCUT2D eigenvalue weighted by molar-refractivity contribution is 5.08. The Morgan fingerprint density at radius 1 is 1.23 bits per heavy atom. The van der Waals surface area contributed by atoms with Crippen LogP contribution in [-0.2, 0) is 0 Å². The lowest BCUT2D eigenvalue weighted by molar-refractivity contribution is 0.331. The maximum Gasteiger partial charge on any atom is 0.233 e. The molecule has 0 fully saturated rings. The van der Waals surface area contributed by atoms with Crippen LogP contribution >= 0.6 is 0 Å². The Labute approximate surface area is 78.2 Å². The molecule has 0 aliphatic heterocycles. The van der Waals surface area contributed by atoms with Gasteiger partial charge in [0.1, 0.15) is 0 Å². The monoisotopic (exact) mass is 182 g/mol. The molecule has 0 aliphatic carbocycles. The van der Waals surface area contributed by atoms with Crippen molar-refractivity contribution in [2.24, 2.45) is 5.41 Å². The predicted octanol–water partition coefficient (Wildman–Crippen LogP) is 2.77. The van der Waals surface area contributed by atoms with E-state index in [9.17, 15) is 4.39 Å². The number of nitrogens with zero attached hydrogens (tertiary/aromatic N) is 2. The van der Waals surface area contributed by atoms with E-state index in [1.807, 2.05) is 0 Å². The fraction of sp³-hybridized carbons (Fsp3) is 0.600. The zero-order chi connectivity index (χ0) is 10.1. The lowest BCUT2D eigenvalue weighted by atomic mass is 9.80. The number of hydrogen-bond acceptors (Lipinski definition) is 2. The van der Waals surface area contributed by atoms with Crippen LogP contribution in [0.3, 0.4) is 0 Å². The molecule has 72 valence electrons. The van der Waals surface area contributed by atoms with E-state index in [1.165, 1.54) is 6.07 Å². The highest BCUT2D eigenvalue weighted by Gasteiger charge is 2.22. The van der Waals surface area contributed by atoms with Gasteiger partial charge >= 0.3 is 0 Å². The first-order chi connectivity index (χ1) is 5.91. The summed E-state index contributed by atoms with van der Waals surface area (Å²) in [5.41, 5.74) is 0.973. The fourth-order valence-corrected chi connectivity index (χ4v) is 1.00. The normalized spacial score (nSPS) is 14.2. The molecule has 0 N–H and O–H groups in total. The van der Waals surface area contributed by atoms with Gasteiger partial charge in [0.25, 0.3) is 0 Å². The van der Waals surface area contributed by atoms with Gasteiger partial charge in [-0.25, -0.2) is 0 Å². The Morgan fingerprint density at radius 3 is 2.23 bits per heavy atom. The van der Waals surface area contributed by atoms with Crippen molar-refractivity contribution in [2.45, 2.75) is 33.6 Å². The minimum Gasteiger partial charge on any atom is -0.183 e. The van der Waals surface area contributed by atoms with E-state index in [4.69, 9.17) is 0 Å². The molecule has 0 saturated heterocycles. The number of halogens is 1. The average molecular weight is 182 g/mol. The van der Waals surface area contributed by atoms with Gasteiger partial charge in [-0.3, -0.25) is 0 Å². The molecule has 0 bridgehead atoms. The van der Waals surface area contributed by atoms with Gasteiger partial charge < -0.3 is 0 Å². The highest BCUT2D eigenvalue weighted by Crippen LogP contribution is 2.32. The summed E-state index contributed by atoms with van der Waals surface area (Å²) >= 11 is 0. The summed E-state index contributed by atoms with van der Waals surface area (Å²) in [6.07, 6.45) is 0. The quantitative estimate of drug-likeness (QED) is 0.667. The Morgan fingerprint density at radius 2 is 1.85 bits per heavy atom. The summed E-state index contributed by atoms with van der Waals surface area (Å²) in [4.78, 5) is 0. The van der Waals surface area contributed by atoms with Crippen molar-refractivity contribution in [1.82, 2.24) is 10.2 Å². The first-order valence-electron chi connectivity index (χ1n) is 4.40. The molecular weight excluding hydrogens is 167 g/mol. The van der Waals surface area contributed by atoms with E-state index in [1.54, 1.807) is 6.07 Å². The molecule has 2 nitrogen and oxygen atoms in total. The number of aromatic nitrogens is 2. The molecule has 0 spiro atoms. The molecule has 0 saturated carbocycles. The van der Waals surface area contributed by atoms with Crippen LogP contribution in [0.15, 0.2) is 12.1 Å². The molecule has 13 heavy (non-hydrogen) atoms. The van der Waals surface area contributed by atoms with Crippen LogP contribution in [0.5, 0.6) is 0 Å². The zero-order valence-corrected chi connectivity index (χ0v) is 8.50. The standard InChI is InChI=1S/C10H15FN2/c1-7(10(2,3)4)8-5-6-9(11)13-12-8/h5-7H,1-4H3. The summed E-state index contributed by atoms with van der Waals surface area (Å²) in [5.74, 6) is -0.245. The van der Waals surface area contributed by atoms with Crippen molar-refractivity contribution in [2.75, 3.05) is 0 Å². The lowest BCUT2D eigenvalue weighted by Gasteiger charge is -2.26. The molecule has 0 amide bonds. The van der Waals surface area contributed by atoms with Gasteiger partial charge in [-0.15, -0.1) is 5.10 Å². The van der Waals surface area contributed by atoms with Crippen LogP contribution in [0, 0.1) is 11.4 Å². The third kappa shape index (κ3) is 2.47. The van der Waals surface area contributed by atoms with E-state index >= 15 is 0 Å². The number of rotatable bonds is 1. The SMILES string of the molecule is CC(c1ccc(F)nn1)C(C)(C)C. The first-order valence-corrected chi connectivity index (χ1v) is 4.40. The van der Waals surface area contributed by atoms with Crippen LogP contribution in [0.25, 0.3) is 0 Å². The highest BCUT2D eigenvalue weighted by atomic mass is 19.1. The molecule has 3 heteroatoms. The molecule has 1 heterocycles. The largest absolute Gasteiger partial charge is 0.233 e. The van der Waals surface area contributed by atoms with Gasteiger partial charge in [0.15, 0.2) is 0 Å². The van der Waals surface area contributed by atoms with E-state index < -0.39 is 5.95 Å². The molecule has 1 aromatic heterocycles. The molecule has 1 unspecified atom stereocenters. The second-order valence-electron chi connectivity index (χ2n) is 4.37. The van der Waals surface area contributed by atoms with Gasteiger partial charge in [-0.2, -0.15) is 9.49 Å². The van der Waals surface area contributed by atoms with Gasteiger partial charge in [0.05, 0.1) is 5.69 Å². The van der Waals surface area contributed by atoms with Crippen molar-refractivity contribution < 1.29 is 4.39 Å². The number of hydrogen-bond donors (Lipinski definition) is 0. The maximum absolute atomic E-state index is 12.5. The van der Waals surface area contributed by atoms with E-state index in [2.05, 4.69) is 37.9 Å². The van der Waals surface area contributed by atoms with Gasteiger partial charge in [-0.1, -0.05) is 27.7 Å². The molecule has 0 aliphatic rings. The van der Waals surface area contributed by atoms with Crippen molar-refractivity contribution >= 4 is 0 Å². The van der Waals surface area contributed by atoms with Crippen LogP contribution in [0.4, 0.5) is 4.39 Å². The molecule has 1 atom stereocenters. The third-order valence-electron chi connectivity index (χ3n) is 2.40. The second-order valence-corrected chi connectivity index (χ2v) is 4.37. The van der Waals surface area contributed by atoms with Crippen molar-refractivity contribution in [1.29, 1.82) is 0 Å². The Bertz CT molecular complexity index is 274. The summed E-state index contributed by atoms with van der Waals surface area (Å²) in [7, 11) is 0. The summed E-state index contributed by atoms with van der Waals surface area (Å²) in [5, 5.41) is 7.22. The van der Waals surface area contributed by atoms with Gasteiger partial charge in [-0.05, 0) is 17.5 Å². The van der Waals surface area contributed by atoms with Gasteiger partial charge in [0.2, 0.25) is 5.95 Å². The predicted molar refractivity (Wildman–Crippen MR) is 49.9 cm³/mol. The Balaban J connectivity index is 2.90. The first kappa shape index (κ1) is 10.1. The lowest BCUT2D eigenvalue weighted by Crippen LogP contribution is -2.17. The molecule has 1 aromatic rings. The summed E-state index contributed by atoms with van der Waals surface area (Å²) in [6, 6.07) is 3.04. The summed E-state index contributed by atoms with van der Waals surface area (Å²) in [6.45, 7) is 8.45. The van der Waals surface area contributed by atoms with Crippen LogP contribution in [0.1, 0.15) is 39.3 Å². The van der Waals surface area contributed by atoms with E-state index in [0.29, 0.717) is 0 Å². The maximum atomic E-state index is 12.5. The molecule has 0 radical (unpaired) electrons. The summed E-state index contributed by atoms with van der Waals surface area (Å²) < 4.78 is 12.5. The van der Waals surface area contributed by atoms with E-state index in [0.717, 1.165) is 5.69 Å². The Kier molecular flexibility index (Phi) is 2.64. The third-order valence-corrected chi connectivity index (χ3v) is 2.40. The average Bonchev–Trinajstić information content (AvgIpc) is 2.03. The van der Waals surface area contributed by atoms with Crippen LogP contribution in [0.2, 0.25) is 0 Å². The van der Waals surface area contributed by atoms with Crippen LogP contribution < -0.4 is 0 Å². The minimum atomic E-state index is -0.523. The van der Waals surface area contributed by atoms with E-state index in [-0.39, 0.29) is 11.3 Å². The van der Waals surface area contributed by atoms with Crippen molar-refractivity contribution in [3.63, 3.8) is 0 Å². The Hall–Kier alpha value is -0.990. The zero-order valence-electron chi connectivity index (χ0n) is 8.50. The molecule has 1 rings (SSSR count). The van der Waals surface area contributed by atoms with Gasteiger partial charge in [0, 0.05) is 5.92 Å². The fourth-order valence-electron chi connectivity index (χ4n) is 1.00. The van der Waals surface area contributed by atoms with Crippen molar-refractivity contribution in [3.05, 3.63) is 23.8 Å². The second kappa shape index (κ2) is 3.40.